The van der Waals surface area contributed by atoms with Gasteiger partial charge in [0.25, 0.3) is 5.91 Å². The largest absolute Gasteiger partial charge is 0.380 e. The van der Waals surface area contributed by atoms with Gasteiger partial charge in [0, 0.05) is 31.0 Å². The fourth-order valence-corrected chi connectivity index (χ4v) is 4.12. The standard InChI is InChI=1S/C15H18N6O2S/c1-10-19-20-14(24-10)21-5-12-6-23-9-15(12,8-21)7-16-13(22)11-2-3-17-18-4-11/h2-4,12H,5-9H2,1H3,(H,16,22)/t12-,15+/m1/s1. The summed E-state index contributed by atoms with van der Waals surface area (Å²) in [6.07, 6.45) is 2.99. The Morgan fingerprint density at radius 1 is 1.50 bits per heavy atom. The third kappa shape index (κ3) is 2.73. The highest BCUT2D eigenvalue weighted by atomic mass is 32.1. The van der Waals surface area contributed by atoms with E-state index in [9.17, 15) is 4.79 Å². The van der Waals surface area contributed by atoms with Gasteiger partial charge in [-0.2, -0.15) is 10.2 Å². The van der Waals surface area contributed by atoms with Gasteiger partial charge in [-0.15, -0.1) is 10.2 Å². The van der Waals surface area contributed by atoms with Crippen molar-refractivity contribution >= 4 is 22.4 Å². The molecule has 2 fully saturated rings. The fraction of sp³-hybridized carbons (Fsp3) is 0.533. The van der Waals surface area contributed by atoms with E-state index in [-0.39, 0.29) is 11.3 Å². The average molecular weight is 346 g/mol. The first-order chi connectivity index (χ1) is 11.7. The number of nitrogens with one attached hydrogen (secondary N) is 1. The summed E-state index contributed by atoms with van der Waals surface area (Å²) in [6, 6.07) is 1.66. The molecule has 0 aromatic carbocycles. The van der Waals surface area contributed by atoms with Gasteiger partial charge in [0.2, 0.25) is 5.13 Å². The van der Waals surface area contributed by atoms with Crippen molar-refractivity contribution in [3.63, 3.8) is 0 Å². The Balaban J connectivity index is 1.46. The summed E-state index contributed by atoms with van der Waals surface area (Å²) in [6.45, 7) is 5.62. The number of rotatable bonds is 4. The molecule has 2 aliphatic heterocycles. The van der Waals surface area contributed by atoms with E-state index in [1.54, 1.807) is 17.4 Å². The Morgan fingerprint density at radius 3 is 3.17 bits per heavy atom. The lowest BCUT2D eigenvalue weighted by Gasteiger charge is -2.27. The molecule has 1 amide bonds. The number of ether oxygens (including phenoxy) is 1. The van der Waals surface area contributed by atoms with Gasteiger partial charge < -0.3 is 15.0 Å². The highest BCUT2D eigenvalue weighted by Gasteiger charge is 2.51. The molecule has 0 aliphatic carbocycles. The van der Waals surface area contributed by atoms with Crippen molar-refractivity contribution in [3.8, 4) is 0 Å². The first kappa shape index (κ1) is 15.4. The first-order valence-electron chi connectivity index (χ1n) is 7.84. The second-order valence-electron chi connectivity index (χ2n) is 6.37. The van der Waals surface area contributed by atoms with E-state index in [1.807, 2.05) is 6.92 Å². The lowest BCUT2D eigenvalue weighted by atomic mass is 9.81. The highest BCUT2D eigenvalue weighted by Crippen LogP contribution is 2.43. The van der Waals surface area contributed by atoms with Gasteiger partial charge in [-0.1, -0.05) is 11.3 Å². The minimum atomic E-state index is -0.130. The second kappa shape index (κ2) is 6.06. The minimum absolute atomic E-state index is 0.0737. The lowest BCUT2D eigenvalue weighted by molar-refractivity contribution is 0.0919. The van der Waals surface area contributed by atoms with Crippen LogP contribution in [0.5, 0.6) is 0 Å². The molecule has 24 heavy (non-hydrogen) atoms. The fourth-order valence-electron chi connectivity index (χ4n) is 3.43. The number of hydrogen-bond acceptors (Lipinski definition) is 8. The molecule has 1 N–H and O–H groups in total. The summed E-state index contributed by atoms with van der Waals surface area (Å²) in [4.78, 5) is 14.5. The summed E-state index contributed by atoms with van der Waals surface area (Å²) < 4.78 is 5.71. The van der Waals surface area contributed by atoms with Crippen molar-refractivity contribution in [3.05, 3.63) is 29.0 Å². The van der Waals surface area contributed by atoms with Gasteiger partial charge in [-0.25, -0.2) is 0 Å². The molecule has 0 bridgehead atoms. The van der Waals surface area contributed by atoms with Crippen molar-refractivity contribution in [2.75, 3.05) is 37.7 Å². The quantitative estimate of drug-likeness (QED) is 0.862. The third-order valence-electron chi connectivity index (χ3n) is 4.75. The van der Waals surface area contributed by atoms with E-state index < -0.39 is 0 Å². The number of aromatic nitrogens is 4. The number of carbonyl (C=O) groups is 1. The number of aryl methyl sites for hydroxylation is 1. The number of carbonyl (C=O) groups excluding carboxylic acids is 1. The van der Waals surface area contributed by atoms with E-state index in [0.717, 1.165) is 29.8 Å². The van der Waals surface area contributed by atoms with Crippen LogP contribution in [0.1, 0.15) is 15.4 Å². The van der Waals surface area contributed by atoms with Crippen molar-refractivity contribution in [2.24, 2.45) is 11.3 Å². The van der Waals surface area contributed by atoms with Gasteiger partial charge >= 0.3 is 0 Å². The molecule has 0 spiro atoms. The van der Waals surface area contributed by atoms with Crippen LogP contribution in [0.3, 0.4) is 0 Å². The van der Waals surface area contributed by atoms with Crippen LogP contribution >= 0.6 is 11.3 Å². The molecule has 2 aliphatic rings. The summed E-state index contributed by atoms with van der Waals surface area (Å²) in [5.74, 6) is 0.257. The number of amides is 1. The molecule has 8 nitrogen and oxygen atoms in total. The van der Waals surface area contributed by atoms with Crippen molar-refractivity contribution in [1.82, 2.24) is 25.7 Å². The summed E-state index contributed by atoms with van der Waals surface area (Å²) in [7, 11) is 0. The smallest absolute Gasteiger partial charge is 0.252 e. The van der Waals surface area contributed by atoms with E-state index in [0.29, 0.717) is 24.6 Å². The molecule has 126 valence electrons. The first-order valence-corrected chi connectivity index (χ1v) is 8.66. The van der Waals surface area contributed by atoms with Gasteiger partial charge in [0.05, 0.1) is 31.2 Å². The molecule has 0 radical (unpaired) electrons. The van der Waals surface area contributed by atoms with Crippen LogP contribution in [0.15, 0.2) is 18.5 Å². The zero-order valence-corrected chi connectivity index (χ0v) is 14.1. The van der Waals surface area contributed by atoms with Crippen LogP contribution in [-0.2, 0) is 4.74 Å². The molecule has 0 unspecified atom stereocenters. The molecule has 4 rings (SSSR count). The Bertz CT molecular complexity index is 739. The molecule has 2 aromatic heterocycles. The Labute approximate surface area is 143 Å². The summed E-state index contributed by atoms with van der Waals surface area (Å²) in [5, 5.41) is 20.7. The zero-order chi connectivity index (χ0) is 16.6. The van der Waals surface area contributed by atoms with Gasteiger partial charge in [-0.05, 0) is 13.0 Å². The molecule has 9 heteroatoms. The normalized spacial score (nSPS) is 25.7. The van der Waals surface area contributed by atoms with Crippen LogP contribution in [0.4, 0.5) is 5.13 Å². The van der Waals surface area contributed by atoms with Crippen LogP contribution in [0.25, 0.3) is 0 Å². The topological polar surface area (TPSA) is 93.1 Å². The Kier molecular flexibility index (Phi) is 3.89. The van der Waals surface area contributed by atoms with E-state index in [2.05, 4.69) is 30.6 Å². The predicted molar refractivity (Wildman–Crippen MR) is 88.0 cm³/mol. The minimum Gasteiger partial charge on any atom is -0.380 e. The lowest BCUT2D eigenvalue weighted by Crippen LogP contribution is -2.43. The molecule has 2 saturated heterocycles. The SMILES string of the molecule is Cc1nnc(N2C[C@@H]3COC[C@]3(CNC(=O)c3ccnnc3)C2)s1. The van der Waals surface area contributed by atoms with Crippen molar-refractivity contribution in [2.45, 2.75) is 6.92 Å². The van der Waals surface area contributed by atoms with Crippen molar-refractivity contribution in [1.29, 1.82) is 0 Å². The molecule has 2 aromatic rings. The molecular weight excluding hydrogens is 328 g/mol. The molecule has 0 saturated carbocycles. The van der Waals surface area contributed by atoms with Crippen LogP contribution in [0, 0.1) is 18.3 Å². The average Bonchev–Trinajstić information content (AvgIpc) is 3.27. The number of hydrogen-bond donors (Lipinski definition) is 1. The van der Waals surface area contributed by atoms with Gasteiger partial charge in [0.15, 0.2) is 0 Å². The van der Waals surface area contributed by atoms with E-state index >= 15 is 0 Å². The maximum Gasteiger partial charge on any atom is 0.252 e. The molecular formula is C15H18N6O2S. The summed E-state index contributed by atoms with van der Waals surface area (Å²) >= 11 is 1.60. The Morgan fingerprint density at radius 2 is 2.42 bits per heavy atom. The summed E-state index contributed by atoms with van der Waals surface area (Å²) in [5.41, 5.74) is 0.446. The predicted octanol–water partition coefficient (Wildman–Crippen LogP) is 0.519. The van der Waals surface area contributed by atoms with Crippen LogP contribution < -0.4 is 10.2 Å². The van der Waals surface area contributed by atoms with E-state index in [1.165, 1.54) is 12.4 Å². The van der Waals surface area contributed by atoms with Gasteiger partial charge in [0.1, 0.15) is 5.01 Å². The highest BCUT2D eigenvalue weighted by molar-refractivity contribution is 7.15. The van der Waals surface area contributed by atoms with Crippen LogP contribution in [-0.4, -0.2) is 59.1 Å². The maximum absolute atomic E-state index is 12.3. The monoisotopic (exact) mass is 346 g/mol. The zero-order valence-electron chi connectivity index (χ0n) is 13.3. The Hall–Kier alpha value is -2.13. The number of fused-ring (bicyclic) bond motifs is 1. The second-order valence-corrected chi connectivity index (χ2v) is 7.53. The number of nitrogens with zero attached hydrogens (tertiary/aromatic N) is 5. The van der Waals surface area contributed by atoms with Gasteiger partial charge in [-0.3, -0.25) is 4.79 Å². The van der Waals surface area contributed by atoms with Crippen molar-refractivity contribution < 1.29 is 9.53 Å². The molecule has 2 atom stereocenters. The van der Waals surface area contributed by atoms with Crippen LogP contribution in [0.2, 0.25) is 0 Å². The number of anilines is 1. The van der Waals surface area contributed by atoms with E-state index in [4.69, 9.17) is 4.74 Å². The maximum atomic E-state index is 12.3. The molecule has 4 heterocycles. The third-order valence-corrected chi connectivity index (χ3v) is 5.65.